The second kappa shape index (κ2) is 11.4. The van der Waals surface area contributed by atoms with Gasteiger partial charge in [-0.3, -0.25) is 9.69 Å². The molecular formula is C26H34N3O5+. The second-order valence-corrected chi connectivity index (χ2v) is 9.16. The molecule has 0 saturated carbocycles. The Bertz CT molecular complexity index is 984. The predicted molar refractivity (Wildman–Crippen MR) is 128 cm³/mol. The Balaban J connectivity index is 1.70. The Hall–Kier alpha value is -3.07. The molecule has 8 nitrogen and oxygen atoms in total. The number of rotatable bonds is 9. The Morgan fingerprint density at radius 3 is 2.26 bits per heavy atom. The monoisotopic (exact) mass is 468 g/mol. The first-order valence-electron chi connectivity index (χ1n) is 11.6. The van der Waals surface area contributed by atoms with Gasteiger partial charge in [-0.25, -0.2) is 4.79 Å². The molecule has 4 atom stereocenters. The zero-order valence-corrected chi connectivity index (χ0v) is 19.8. The summed E-state index contributed by atoms with van der Waals surface area (Å²) in [5.41, 5.74) is 1.45. The van der Waals surface area contributed by atoms with E-state index in [9.17, 15) is 24.6 Å². The van der Waals surface area contributed by atoms with E-state index in [0.717, 1.165) is 5.56 Å². The molecule has 0 bridgehead atoms. The number of aliphatic hydroxyl groups is 1. The molecule has 3 N–H and O–H groups in total. The Labute approximate surface area is 200 Å². The molecule has 0 aromatic heterocycles. The molecule has 0 spiro atoms. The number of hydrogen-bond acceptors (Lipinski definition) is 5. The van der Waals surface area contributed by atoms with Crippen molar-refractivity contribution < 1.29 is 29.1 Å². The van der Waals surface area contributed by atoms with Gasteiger partial charge in [0.05, 0.1) is 18.7 Å². The lowest BCUT2D eigenvalue weighted by molar-refractivity contribution is -0.792. The van der Waals surface area contributed by atoms with Crippen molar-refractivity contribution in [2.75, 3.05) is 26.7 Å². The number of amides is 3. The lowest BCUT2D eigenvalue weighted by atomic mass is 10.00. The molecule has 182 valence electrons. The van der Waals surface area contributed by atoms with Crippen LogP contribution in [0.4, 0.5) is 4.79 Å². The summed E-state index contributed by atoms with van der Waals surface area (Å²) in [7, 11) is 1.68. The van der Waals surface area contributed by atoms with Crippen LogP contribution in [0.1, 0.15) is 35.7 Å². The van der Waals surface area contributed by atoms with Crippen molar-refractivity contribution in [3.63, 3.8) is 0 Å². The van der Waals surface area contributed by atoms with Crippen molar-refractivity contribution in [1.29, 1.82) is 0 Å². The number of nitrogens with zero attached hydrogens (tertiary/aromatic N) is 2. The van der Waals surface area contributed by atoms with E-state index in [1.54, 1.807) is 43.1 Å². The molecule has 3 rings (SSSR count). The molecule has 1 fully saturated rings. The summed E-state index contributed by atoms with van der Waals surface area (Å²) in [6.45, 7) is 2.09. The van der Waals surface area contributed by atoms with Crippen LogP contribution in [-0.2, 0) is 11.2 Å². The van der Waals surface area contributed by atoms with E-state index < -0.39 is 22.7 Å². The summed E-state index contributed by atoms with van der Waals surface area (Å²) in [6, 6.07) is 17.5. The standard InChI is InChI=1S/C26H33N3O5/c1-19-10-9-15-29(19,26(33)34)24(31)18-28(2)17-23(30)22(16-20-11-5-3-6-12-20)27-25(32)21-13-7-4-8-14-21/h3-8,11-14,19,22-23,30H,9-10,15-18H2,1-2H3,(H-,27,32,33,34)/p+1/t19?,22-,23?,29?/m0/s1. The number of carboxylic acid groups (broad SMARTS) is 1. The quantitative estimate of drug-likeness (QED) is 0.488. The molecule has 3 amide bonds. The second-order valence-electron chi connectivity index (χ2n) is 9.16. The fraction of sp³-hybridized carbons (Fsp3) is 0.423. The van der Waals surface area contributed by atoms with E-state index in [0.29, 0.717) is 24.8 Å². The van der Waals surface area contributed by atoms with Crippen molar-refractivity contribution in [1.82, 2.24) is 10.2 Å². The number of nitrogens with one attached hydrogen (secondary N) is 1. The molecular weight excluding hydrogens is 434 g/mol. The van der Waals surface area contributed by atoms with E-state index in [-0.39, 0.29) is 37.5 Å². The molecule has 2 aromatic carbocycles. The van der Waals surface area contributed by atoms with Crippen molar-refractivity contribution in [3.05, 3.63) is 71.8 Å². The number of likely N-dealkylation sites (N-methyl/N-ethyl adjacent to an activating group) is 1. The highest BCUT2D eigenvalue weighted by Gasteiger charge is 2.52. The average Bonchev–Trinajstić information content (AvgIpc) is 3.22. The molecule has 8 heteroatoms. The van der Waals surface area contributed by atoms with Crippen molar-refractivity contribution in [3.8, 4) is 0 Å². The first-order chi connectivity index (χ1) is 16.2. The molecule has 1 heterocycles. The van der Waals surface area contributed by atoms with Gasteiger partial charge in [0.15, 0.2) is 0 Å². The van der Waals surface area contributed by atoms with Crippen LogP contribution >= 0.6 is 0 Å². The van der Waals surface area contributed by atoms with Crippen LogP contribution in [0.25, 0.3) is 0 Å². The summed E-state index contributed by atoms with van der Waals surface area (Å²) < 4.78 is -0.571. The van der Waals surface area contributed by atoms with E-state index in [2.05, 4.69) is 5.32 Å². The van der Waals surface area contributed by atoms with Gasteiger partial charge in [0, 0.05) is 24.9 Å². The lowest BCUT2D eigenvalue weighted by Crippen LogP contribution is -2.61. The third-order valence-corrected chi connectivity index (χ3v) is 6.69. The van der Waals surface area contributed by atoms with Gasteiger partial charge in [-0.1, -0.05) is 48.5 Å². The van der Waals surface area contributed by atoms with Gasteiger partial charge in [0.25, 0.3) is 5.91 Å². The highest BCUT2D eigenvalue weighted by Crippen LogP contribution is 2.28. The predicted octanol–water partition coefficient (Wildman–Crippen LogP) is 2.52. The Kier molecular flexibility index (Phi) is 8.55. The van der Waals surface area contributed by atoms with Crippen LogP contribution in [-0.4, -0.2) is 82.4 Å². The third kappa shape index (κ3) is 5.88. The first kappa shape index (κ1) is 25.6. The van der Waals surface area contributed by atoms with Crippen LogP contribution in [0.2, 0.25) is 0 Å². The number of carbonyl (C=O) groups is 3. The minimum atomic E-state index is -1.12. The first-order valence-corrected chi connectivity index (χ1v) is 11.6. The third-order valence-electron chi connectivity index (χ3n) is 6.69. The maximum Gasteiger partial charge on any atom is 0.521 e. The summed E-state index contributed by atoms with van der Waals surface area (Å²) >= 11 is 0. The number of likely N-dealkylation sites (tertiary alicyclic amines) is 1. The van der Waals surface area contributed by atoms with Crippen LogP contribution in [0.15, 0.2) is 60.7 Å². The van der Waals surface area contributed by atoms with Gasteiger partial charge in [-0.2, -0.15) is 9.28 Å². The fourth-order valence-electron chi connectivity index (χ4n) is 4.70. The van der Waals surface area contributed by atoms with Crippen LogP contribution in [0.3, 0.4) is 0 Å². The molecule has 0 radical (unpaired) electrons. The summed E-state index contributed by atoms with van der Waals surface area (Å²) in [4.78, 5) is 39.4. The number of aliphatic hydroxyl groups excluding tert-OH is 1. The molecule has 3 unspecified atom stereocenters. The van der Waals surface area contributed by atoms with Gasteiger partial charge in [0.2, 0.25) is 0 Å². The topological polar surface area (TPSA) is 107 Å². The molecule has 1 aliphatic heterocycles. The number of imide groups is 1. The molecule has 34 heavy (non-hydrogen) atoms. The largest absolute Gasteiger partial charge is 0.521 e. The summed E-state index contributed by atoms with van der Waals surface area (Å²) in [5.74, 6) is -0.680. The normalized spacial score (nSPS) is 21.7. The maximum atomic E-state index is 13.0. The van der Waals surface area contributed by atoms with Crippen molar-refractivity contribution in [2.45, 2.75) is 44.4 Å². The van der Waals surface area contributed by atoms with Gasteiger partial charge in [0.1, 0.15) is 12.6 Å². The molecule has 2 aromatic rings. The fourth-order valence-corrected chi connectivity index (χ4v) is 4.70. The number of quaternary nitrogens is 1. The zero-order valence-electron chi connectivity index (χ0n) is 19.8. The maximum absolute atomic E-state index is 13.0. The van der Waals surface area contributed by atoms with Gasteiger partial charge < -0.3 is 15.5 Å². The van der Waals surface area contributed by atoms with E-state index in [1.807, 2.05) is 36.4 Å². The number of carbonyl (C=O) groups excluding carboxylic acids is 2. The van der Waals surface area contributed by atoms with Crippen LogP contribution in [0, 0.1) is 0 Å². The van der Waals surface area contributed by atoms with E-state index >= 15 is 0 Å². The Morgan fingerprint density at radius 2 is 1.71 bits per heavy atom. The van der Waals surface area contributed by atoms with Crippen molar-refractivity contribution >= 4 is 17.9 Å². The smallest absolute Gasteiger partial charge is 0.435 e. The molecule has 1 aliphatic rings. The highest BCUT2D eigenvalue weighted by atomic mass is 16.4. The number of hydrogen-bond donors (Lipinski definition) is 3. The summed E-state index contributed by atoms with van der Waals surface area (Å²) in [6.07, 6.45) is -0.305. The lowest BCUT2D eigenvalue weighted by Gasteiger charge is -2.32. The van der Waals surface area contributed by atoms with Crippen LogP contribution < -0.4 is 5.32 Å². The molecule has 0 aliphatic carbocycles. The van der Waals surface area contributed by atoms with Crippen molar-refractivity contribution in [2.24, 2.45) is 0 Å². The SMILES string of the molecule is CC1CCC[N+]1(C(=O)O)C(=O)CN(C)CC(O)[C@H](Cc1ccccc1)NC(=O)c1ccccc1. The Morgan fingerprint density at radius 1 is 1.09 bits per heavy atom. The van der Waals surface area contributed by atoms with E-state index in [4.69, 9.17) is 0 Å². The zero-order chi connectivity index (χ0) is 24.7. The van der Waals surface area contributed by atoms with Gasteiger partial charge in [-0.15, -0.1) is 0 Å². The minimum absolute atomic E-state index is 0.0988. The van der Waals surface area contributed by atoms with Gasteiger partial charge in [-0.05, 0) is 38.1 Å². The van der Waals surface area contributed by atoms with Crippen LogP contribution in [0.5, 0.6) is 0 Å². The van der Waals surface area contributed by atoms with E-state index in [1.165, 1.54) is 0 Å². The molecule has 1 saturated heterocycles. The van der Waals surface area contributed by atoms with Gasteiger partial charge >= 0.3 is 12.0 Å². The highest BCUT2D eigenvalue weighted by molar-refractivity contribution is 5.94. The number of benzene rings is 2. The minimum Gasteiger partial charge on any atom is -0.435 e. The summed E-state index contributed by atoms with van der Waals surface area (Å²) in [5, 5.41) is 23.8. The average molecular weight is 469 g/mol.